The van der Waals surface area contributed by atoms with Crippen LogP contribution >= 0.6 is 0 Å². The molecule has 2 rings (SSSR count). The lowest BCUT2D eigenvalue weighted by Crippen LogP contribution is -2.29. The summed E-state index contributed by atoms with van der Waals surface area (Å²) in [5.41, 5.74) is -0.431. The number of carbonyl (C=O) groups excluding carboxylic acids is 2. The largest absolute Gasteiger partial charge is 0.416 e. The van der Waals surface area contributed by atoms with E-state index in [0.717, 1.165) is 24.3 Å². The first-order valence-electron chi connectivity index (χ1n) is 6.06. The number of hydrogen-bond donors (Lipinski definition) is 2. The fourth-order valence-corrected chi connectivity index (χ4v) is 1.55. The Morgan fingerprint density at radius 3 is 2.00 bits per heavy atom. The fourth-order valence-electron chi connectivity index (χ4n) is 1.55. The molecule has 0 saturated heterocycles. The van der Waals surface area contributed by atoms with Gasteiger partial charge in [0, 0.05) is 11.9 Å². The van der Waals surface area contributed by atoms with E-state index in [0.29, 0.717) is 5.69 Å². The Morgan fingerprint density at radius 2 is 1.50 bits per heavy atom. The average molecular weight is 309 g/mol. The van der Waals surface area contributed by atoms with Crippen molar-refractivity contribution in [3.05, 3.63) is 54.4 Å². The lowest BCUT2D eigenvalue weighted by molar-refractivity contribution is -0.137. The molecule has 0 radical (unpaired) electrons. The Hall–Kier alpha value is -2.90. The number of alkyl halides is 3. The zero-order chi connectivity index (χ0) is 16.2. The Morgan fingerprint density at radius 1 is 0.909 bits per heavy atom. The molecule has 1 aromatic carbocycles. The van der Waals surface area contributed by atoms with E-state index >= 15 is 0 Å². The fraction of sp³-hybridized carbons (Fsp3) is 0.0714. The minimum absolute atomic E-state index is 0.0827. The van der Waals surface area contributed by atoms with Gasteiger partial charge in [-0.15, -0.1) is 0 Å². The van der Waals surface area contributed by atoms with Gasteiger partial charge in [-0.25, -0.2) is 0 Å². The average Bonchev–Trinajstić information content (AvgIpc) is 2.48. The molecule has 114 valence electrons. The van der Waals surface area contributed by atoms with Gasteiger partial charge >= 0.3 is 18.0 Å². The third-order valence-corrected chi connectivity index (χ3v) is 2.60. The number of pyridine rings is 1. The number of nitrogens with zero attached hydrogens (tertiary/aromatic N) is 1. The Bertz CT molecular complexity index is 670. The number of rotatable bonds is 2. The number of halogens is 3. The van der Waals surface area contributed by atoms with Gasteiger partial charge in [0.1, 0.15) is 0 Å². The van der Waals surface area contributed by atoms with Crippen LogP contribution in [0.3, 0.4) is 0 Å². The molecule has 0 aliphatic carbocycles. The first-order valence-corrected chi connectivity index (χ1v) is 6.06. The van der Waals surface area contributed by atoms with Crippen LogP contribution in [0.1, 0.15) is 5.56 Å². The molecule has 5 nitrogen and oxygen atoms in total. The number of nitrogens with one attached hydrogen (secondary N) is 2. The third kappa shape index (κ3) is 4.05. The quantitative estimate of drug-likeness (QED) is 0.838. The van der Waals surface area contributed by atoms with Gasteiger partial charge < -0.3 is 10.6 Å². The summed E-state index contributed by atoms with van der Waals surface area (Å²) in [7, 11) is 0. The highest BCUT2D eigenvalue weighted by Gasteiger charge is 2.30. The summed E-state index contributed by atoms with van der Waals surface area (Å²) in [5, 5.41) is 4.51. The molecule has 1 aromatic heterocycles. The minimum atomic E-state index is -4.46. The van der Waals surface area contributed by atoms with Crippen LogP contribution in [0.5, 0.6) is 0 Å². The molecule has 2 amide bonds. The first-order chi connectivity index (χ1) is 10.4. The first kappa shape index (κ1) is 15.5. The molecule has 22 heavy (non-hydrogen) atoms. The summed E-state index contributed by atoms with van der Waals surface area (Å²) in [5.74, 6) is -1.95. The van der Waals surface area contributed by atoms with E-state index in [1.54, 1.807) is 6.07 Å². The normalized spacial score (nSPS) is 10.9. The monoisotopic (exact) mass is 309 g/mol. The van der Waals surface area contributed by atoms with Crippen LogP contribution in [-0.4, -0.2) is 16.8 Å². The molecular formula is C14H10F3N3O2. The summed E-state index contributed by atoms with van der Waals surface area (Å²) < 4.78 is 37.2. The van der Waals surface area contributed by atoms with E-state index < -0.39 is 23.6 Å². The molecule has 0 saturated carbocycles. The SMILES string of the molecule is O=C(Nc1ccc(C(F)(F)F)cc1)C(=O)Nc1cccnc1. The van der Waals surface area contributed by atoms with Crippen molar-refractivity contribution in [3.8, 4) is 0 Å². The lowest BCUT2D eigenvalue weighted by Gasteiger charge is -2.09. The van der Waals surface area contributed by atoms with Crippen molar-refractivity contribution in [3.63, 3.8) is 0 Å². The standard InChI is InChI=1S/C14H10F3N3O2/c15-14(16,17)9-3-5-10(6-4-9)19-12(21)13(22)20-11-2-1-7-18-8-11/h1-8H,(H,19,21)(H,20,22). The highest BCUT2D eigenvalue weighted by Crippen LogP contribution is 2.29. The highest BCUT2D eigenvalue weighted by atomic mass is 19.4. The van der Waals surface area contributed by atoms with E-state index in [4.69, 9.17) is 0 Å². The van der Waals surface area contributed by atoms with Gasteiger partial charge in [-0.3, -0.25) is 14.6 Å². The van der Waals surface area contributed by atoms with Gasteiger partial charge in [-0.2, -0.15) is 13.2 Å². The topological polar surface area (TPSA) is 71.1 Å². The molecule has 1 heterocycles. The van der Waals surface area contributed by atoms with E-state index in [-0.39, 0.29) is 5.69 Å². The number of hydrogen-bond acceptors (Lipinski definition) is 3. The third-order valence-electron chi connectivity index (χ3n) is 2.60. The van der Waals surface area contributed by atoms with Gasteiger partial charge in [0.2, 0.25) is 0 Å². The van der Waals surface area contributed by atoms with Gasteiger partial charge in [-0.1, -0.05) is 0 Å². The van der Waals surface area contributed by atoms with Gasteiger partial charge in [0.05, 0.1) is 17.4 Å². The maximum absolute atomic E-state index is 12.4. The van der Waals surface area contributed by atoms with Crippen molar-refractivity contribution in [1.29, 1.82) is 0 Å². The van der Waals surface area contributed by atoms with Crippen LogP contribution in [0.2, 0.25) is 0 Å². The van der Waals surface area contributed by atoms with E-state index in [2.05, 4.69) is 15.6 Å². The van der Waals surface area contributed by atoms with Crippen LogP contribution in [0.4, 0.5) is 24.5 Å². The zero-order valence-electron chi connectivity index (χ0n) is 11.0. The maximum atomic E-state index is 12.4. The van der Waals surface area contributed by atoms with Crippen molar-refractivity contribution < 1.29 is 22.8 Å². The summed E-state index contributed by atoms with van der Waals surface area (Å²) in [4.78, 5) is 27.0. The second kappa shape index (κ2) is 6.25. The molecule has 0 atom stereocenters. The molecule has 0 spiro atoms. The predicted octanol–water partition coefficient (Wildman–Crippen LogP) is 2.68. The number of carbonyl (C=O) groups is 2. The molecule has 0 aliphatic rings. The number of anilines is 2. The van der Waals surface area contributed by atoms with E-state index in [1.165, 1.54) is 18.5 Å². The number of benzene rings is 1. The van der Waals surface area contributed by atoms with Crippen molar-refractivity contribution >= 4 is 23.2 Å². The van der Waals surface area contributed by atoms with E-state index in [1.807, 2.05) is 0 Å². The Balaban J connectivity index is 1.98. The summed E-state index contributed by atoms with van der Waals surface area (Å²) in [6.07, 6.45) is -1.61. The van der Waals surface area contributed by atoms with E-state index in [9.17, 15) is 22.8 Å². The van der Waals surface area contributed by atoms with Gasteiger partial charge in [0.15, 0.2) is 0 Å². The van der Waals surface area contributed by atoms with Crippen LogP contribution < -0.4 is 10.6 Å². The molecular weight excluding hydrogens is 299 g/mol. The molecule has 0 fully saturated rings. The van der Waals surface area contributed by atoms with Crippen molar-refractivity contribution in [1.82, 2.24) is 4.98 Å². The molecule has 8 heteroatoms. The molecule has 2 N–H and O–H groups in total. The number of aromatic nitrogens is 1. The van der Waals surface area contributed by atoms with Gasteiger partial charge in [-0.05, 0) is 36.4 Å². The maximum Gasteiger partial charge on any atom is 0.416 e. The Labute approximate surface area is 123 Å². The van der Waals surface area contributed by atoms with Crippen molar-refractivity contribution in [2.45, 2.75) is 6.18 Å². The minimum Gasteiger partial charge on any atom is -0.318 e. The smallest absolute Gasteiger partial charge is 0.318 e. The molecule has 0 unspecified atom stereocenters. The summed E-state index contributed by atoms with van der Waals surface area (Å²) >= 11 is 0. The van der Waals surface area contributed by atoms with Crippen LogP contribution in [-0.2, 0) is 15.8 Å². The van der Waals surface area contributed by atoms with Crippen LogP contribution in [0.25, 0.3) is 0 Å². The Kier molecular flexibility index (Phi) is 4.40. The van der Waals surface area contributed by atoms with Crippen molar-refractivity contribution in [2.75, 3.05) is 10.6 Å². The summed E-state index contributed by atoms with van der Waals surface area (Å²) in [6, 6.07) is 6.87. The molecule has 2 aromatic rings. The highest BCUT2D eigenvalue weighted by molar-refractivity contribution is 6.43. The van der Waals surface area contributed by atoms with Gasteiger partial charge in [0.25, 0.3) is 0 Å². The van der Waals surface area contributed by atoms with Crippen molar-refractivity contribution in [2.24, 2.45) is 0 Å². The predicted molar refractivity (Wildman–Crippen MR) is 72.9 cm³/mol. The second-order valence-corrected chi connectivity index (χ2v) is 4.23. The number of amides is 2. The summed E-state index contributed by atoms with van der Waals surface area (Å²) in [6.45, 7) is 0. The molecule has 0 bridgehead atoms. The molecule has 0 aliphatic heterocycles. The van der Waals surface area contributed by atoms with Crippen LogP contribution in [0, 0.1) is 0 Å². The van der Waals surface area contributed by atoms with Crippen LogP contribution in [0.15, 0.2) is 48.8 Å². The second-order valence-electron chi connectivity index (χ2n) is 4.23. The lowest BCUT2D eigenvalue weighted by atomic mass is 10.2. The zero-order valence-corrected chi connectivity index (χ0v) is 11.0.